The molecule has 1 saturated carbocycles. The summed E-state index contributed by atoms with van der Waals surface area (Å²) in [6, 6.07) is 11.1. The van der Waals surface area contributed by atoms with Gasteiger partial charge in [0.15, 0.2) is 0 Å². The van der Waals surface area contributed by atoms with E-state index in [-0.39, 0.29) is 24.1 Å². The zero-order chi connectivity index (χ0) is 18.6. The molecule has 0 bridgehead atoms. The second-order valence-corrected chi connectivity index (χ2v) is 6.75. The molecule has 0 unspecified atom stereocenters. The Balaban J connectivity index is 1.59. The number of benzene rings is 1. The predicted molar refractivity (Wildman–Crippen MR) is 103 cm³/mol. The van der Waals surface area contributed by atoms with Gasteiger partial charge in [-0.25, -0.2) is 4.68 Å². The maximum atomic E-state index is 12.8. The van der Waals surface area contributed by atoms with E-state index in [2.05, 4.69) is 10.4 Å². The molecule has 6 nitrogen and oxygen atoms in total. The summed E-state index contributed by atoms with van der Waals surface area (Å²) in [5, 5.41) is 8.89. The van der Waals surface area contributed by atoms with Crippen LogP contribution in [-0.4, -0.2) is 15.7 Å². The number of carbonyl (C=O) groups is 1. The van der Waals surface area contributed by atoms with Crippen LogP contribution in [0.4, 0.5) is 0 Å². The molecule has 0 spiro atoms. The summed E-state index contributed by atoms with van der Waals surface area (Å²) in [7, 11) is 0. The number of furan rings is 1. The van der Waals surface area contributed by atoms with E-state index in [9.17, 15) is 9.59 Å². The fraction of sp³-hybridized carbons (Fsp3) is 0.286. The lowest BCUT2D eigenvalue weighted by Gasteiger charge is -2.16. The molecule has 1 amide bonds. The average molecular weight is 363 g/mol. The van der Waals surface area contributed by atoms with E-state index in [4.69, 9.17) is 4.42 Å². The molecule has 1 aliphatic rings. The molecule has 0 atom stereocenters. The molecule has 1 aliphatic carbocycles. The smallest absolute Gasteiger partial charge is 0.274 e. The Hall–Kier alpha value is -3.15. The van der Waals surface area contributed by atoms with Crippen molar-refractivity contribution in [2.45, 2.75) is 38.3 Å². The van der Waals surface area contributed by atoms with Crippen LogP contribution in [0, 0.1) is 0 Å². The summed E-state index contributed by atoms with van der Waals surface area (Å²) in [5.74, 6) is 0.374. The SMILES string of the molecule is O=C(C=Cc1ccco1)NCc1nn(C2CCCC2)c(=O)c2ccccc12. The number of hydrogen-bond acceptors (Lipinski definition) is 4. The zero-order valence-corrected chi connectivity index (χ0v) is 14.9. The van der Waals surface area contributed by atoms with Gasteiger partial charge < -0.3 is 9.73 Å². The van der Waals surface area contributed by atoms with E-state index in [1.165, 1.54) is 6.08 Å². The highest BCUT2D eigenvalue weighted by atomic mass is 16.3. The van der Waals surface area contributed by atoms with E-state index >= 15 is 0 Å². The van der Waals surface area contributed by atoms with E-state index < -0.39 is 0 Å². The third-order valence-electron chi connectivity index (χ3n) is 4.95. The summed E-state index contributed by atoms with van der Waals surface area (Å²) in [6.07, 6.45) is 8.78. The van der Waals surface area contributed by atoms with Crippen molar-refractivity contribution in [2.75, 3.05) is 0 Å². The first-order chi connectivity index (χ1) is 13.2. The van der Waals surface area contributed by atoms with Crippen molar-refractivity contribution >= 4 is 22.8 Å². The highest BCUT2D eigenvalue weighted by molar-refractivity contribution is 5.91. The minimum Gasteiger partial charge on any atom is -0.465 e. The molecule has 1 N–H and O–H groups in total. The topological polar surface area (TPSA) is 77.1 Å². The molecule has 0 radical (unpaired) electrons. The highest BCUT2D eigenvalue weighted by Crippen LogP contribution is 2.28. The van der Waals surface area contributed by atoms with Gasteiger partial charge in [-0.15, -0.1) is 0 Å². The summed E-state index contributed by atoms with van der Waals surface area (Å²) in [6.45, 7) is 0.259. The van der Waals surface area contributed by atoms with Crippen molar-refractivity contribution in [3.05, 3.63) is 70.5 Å². The molecular formula is C21H21N3O3. The van der Waals surface area contributed by atoms with Gasteiger partial charge in [-0.3, -0.25) is 9.59 Å². The van der Waals surface area contributed by atoms with Gasteiger partial charge in [0.05, 0.1) is 29.9 Å². The number of nitrogens with one attached hydrogen (secondary N) is 1. The van der Waals surface area contributed by atoms with Crippen molar-refractivity contribution in [1.29, 1.82) is 0 Å². The van der Waals surface area contributed by atoms with Crippen LogP contribution in [0.1, 0.15) is 43.2 Å². The number of hydrogen-bond donors (Lipinski definition) is 1. The van der Waals surface area contributed by atoms with Gasteiger partial charge in [0.1, 0.15) is 5.76 Å². The Morgan fingerprint density at radius 2 is 1.96 bits per heavy atom. The first kappa shape index (κ1) is 17.3. The van der Waals surface area contributed by atoms with Crippen molar-refractivity contribution in [1.82, 2.24) is 15.1 Å². The number of nitrogens with zero attached hydrogens (tertiary/aromatic N) is 2. The summed E-state index contributed by atoms with van der Waals surface area (Å²) >= 11 is 0. The predicted octanol–water partition coefficient (Wildman–Crippen LogP) is 3.43. The van der Waals surface area contributed by atoms with Gasteiger partial charge in [-0.2, -0.15) is 5.10 Å². The zero-order valence-electron chi connectivity index (χ0n) is 14.9. The molecule has 3 aromatic rings. The van der Waals surface area contributed by atoms with Crippen LogP contribution < -0.4 is 10.9 Å². The minimum absolute atomic E-state index is 0.0507. The van der Waals surface area contributed by atoms with Crippen LogP contribution in [0.2, 0.25) is 0 Å². The maximum absolute atomic E-state index is 12.8. The van der Waals surface area contributed by atoms with E-state index in [0.29, 0.717) is 16.8 Å². The van der Waals surface area contributed by atoms with Crippen LogP contribution >= 0.6 is 0 Å². The lowest BCUT2D eigenvalue weighted by molar-refractivity contribution is -0.116. The number of fused-ring (bicyclic) bond motifs is 1. The molecule has 138 valence electrons. The van der Waals surface area contributed by atoms with Crippen molar-refractivity contribution in [2.24, 2.45) is 0 Å². The molecule has 1 fully saturated rings. The van der Waals surface area contributed by atoms with E-state index in [0.717, 1.165) is 31.1 Å². The highest BCUT2D eigenvalue weighted by Gasteiger charge is 2.21. The van der Waals surface area contributed by atoms with Crippen molar-refractivity contribution in [3.63, 3.8) is 0 Å². The lowest BCUT2D eigenvalue weighted by Crippen LogP contribution is -2.30. The Labute approximate surface area is 156 Å². The molecule has 27 heavy (non-hydrogen) atoms. The number of carbonyl (C=O) groups excluding carboxylic acids is 1. The Morgan fingerprint density at radius 3 is 2.70 bits per heavy atom. The van der Waals surface area contributed by atoms with Crippen LogP contribution in [0.15, 0.2) is 57.9 Å². The second kappa shape index (κ2) is 7.61. The third kappa shape index (κ3) is 3.69. The summed E-state index contributed by atoms with van der Waals surface area (Å²) in [5.41, 5.74) is 0.655. The first-order valence-electron chi connectivity index (χ1n) is 9.22. The average Bonchev–Trinajstić information content (AvgIpc) is 3.40. The first-order valence-corrected chi connectivity index (χ1v) is 9.22. The van der Waals surface area contributed by atoms with Crippen LogP contribution in [0.3, 0.4) is 0 Å². The standard InChI is InChI=1S/C21H21N3O3/c25-20(12-11-16-8-5-13-27-16)22-14-19-17-9-3-4-10-18(17)21(26)24(23-19)15-6-1-2-7-15/h3-5,8-13,15H,1-2,6-7,14H2,(H,22,25). The quantitative estimate of drug-likeness (QED) is 0.705. The Bertz CT molecular complexity index is 1030. The van der Waals surface area contributed by atoms with Crippen molar-refractivity contribution in [3.8, 4) is 0 Å². The molecule has 0 aliphatic heterocycles. The number of rotatable bonds is 5. The second-order valence-electron chi connectivity index (χ2n) is 6.75. The minimum atomic E-state index is -0.240. The van der Waals surface area contributed by atoms with Gasteiger partial charge in [0, 0.05) is 11.5 Å². The number of aromatic nitrogens is 2. The van der Waals surface area contributed by atoms with Crippen LogP contribution in [-0.2, 0) is 11.3 Å². The van der Waals surface area contributed by atoms with E-state index in [1.54, 1.807) is 29.2 Å². The van der Waals surface area contributed by atoms with Gasteiger partial charge in [0.2, 0.25) is 5.91 Å². The normalized spacial score (nSPS) is 15.0. The Kier molecular flexibility index (Phi) is 4.87. The molecular weight excluding hydrogens is 342 g/mol. The van der Waals surface area contributed by atoms with Gasteiger partial charge in [0.25, 0.3) is 5.56 Å². The fourth-order valence-corrected chi connectivity index (χ4v) is 3.57. The molecule has 2 aromatic heterocycles. The summed E-state index contributed by atoms with van der Waals surface area (Å²) < 4.78 is 6.79. The van der Waals surface area contributed by atoms with Gasteiger partial charge in [-0.1, -0.05) is 31.0 Å². The Morgan fingerprint density at radius 1 is 1.19 bits per heavy atom. The van der Waals surface area contributed by atoms with Crippen LogP contribution in [0.5, 0.6) is 0 Å². The molecule has 4 rings (SSSR count). The maximum Gasteiger partial charge on any atom is 0.274 e. The van der Waals surface area contributed by atoms with Gasteiger partial charge >= 0.3 is 0 Å². The molecule has 1 aromatic carbocycles. The number of amides is 1. The van der Waals surface area contributed by atoms with E-state index in [1.807, 2.05) is 24.3 Å². The van der Waals surface area contributed by atoms with Crippen molar-refractivity contribution < 1.29 is 9.21 Å². The molecule has 2 heterocycles. The third-order valence-corrected chi connectivity index (χ3v) is 4.95. The largest absolute Gasteiger partial charge is 0.465 e. The summed E-state index contributed by atoms with van der Waals surface area (Å²) in [4.78, 5) is 25.0. The lowest BCUT2D eigenvalue weighted by atomic mass is 10.1. The fourth-order valence-electron chi connectivity index (χ4n) is 3.57. The van der Waals surface area contributed by atoms with Crippen LogP contribution in [0.25, 0.3) is 16.8 Å². The molecule has 0 saturated heterocycles. The monoisotopic (exact) mass is 363 g/mol. The van der Waals surface area contributed by atoms with Gasteiger partial charge in [-0.05, 0) is 37.1 Å². The molecule has 6 heteroatoms.